The number of hydrogen-bond acceptors (Lipinski definition) is 2. The molecule has 1 N–H and O–H groups in total. The summed E-state index contributed by atoms with van der Waals surface area (Å²) in [6.45, 7) is 9.58. The molecule has 114 valence electrons. The van der Waals surface area contributed by atoms with Crippen molar-refractivity contribution >= 4 is 0 Å². The number of ether oxygens (including phenoxy) is 1. The van der Waals surface area contributed by atoms with Crippen LogP contribution in [0.25, 0.3) is 0 Å². The number of rotatable bonds is 10. The standard InChI is InChI=1S/C18H31NO/c1-5-7-15(2)13-18(14-19-10-11-20-4)17-9-6-8-16(3)12-17/h6,8-9,12,15,18-19H,5,7,10-11,13-14H2,1-4H3. The van der Waals surface area contributed by atoms with Crippen LogP contribution in [0.3, 0.4) is 0 Å². The first kappa shape index (κ1) is 17.2. The molecule has 2 unspecified atom stereocenters. The normalized spacial score (nSPS) is 14.2. The highest BCUT2D eigenvalue weighted by Gasteiger charge is 2.15. The molecule has 1 aromatic rings. The first-order valence-electron chi connectivity index (χ1n) is 7.93. The molecule has 1 rings (SSSR count). The second kappa shape index (κ2) is 9.95. The maximum absolute atomic E-state index is 5.11. The summed E-state index contributed by atoms with van der Waals surface area (Å²) < 4.78 is 5.11. The van der Waals surface area contributed by atoms with E-state index in [0.29, 0.717) is 5.92 Å². The van der Waals surface area contributed by atoms with Crippen LogP contribution in [-0.2, 0) is 4.74 Å². The molecule has 0 radical (unpaired) electrons. The predicted molar refractivity (Wildman–Crippen MR) is 87.4 cm³/mol. The molecule has 2 heteroatoms. The van der Waals surface area contributed by atoms with Crippen LogP contribution in [0.1, 0.15) is 50.2 Å². The van der Waals surface area contributed by atoms with Crippen molar-refractivity contribution in [3.63, 3.8) is 0 Å². The molecule has 2 nitrogen and oxygen atoms in total. The summed E-state index contributed by atoms with van der Waals surface area (Å²) in [7, 11) is 1.75. The molecule has 0 bridgehead atoms. The molecule has 0 saturated heterocycles. The highest BCUT2D eigenvalue weighted by atomic mass is 16.5. The Bertz CT molecular complexity index is 364. The van der Waals surface area contributed by atoms with E-state index in [1.165, 1.54) is 30.4 Å². The van der Waals surface area contributed by atoms with Gasteiger partial charge in [-0.1, -0.05) is 56.5 Å². The maximum Gasteiger partial charge on any atom is 0.0587 e. The zero-order valence-corrected chi connectivity index (χ0v) is 13.6. The van der Waals surface area contributed by atoms with Gasteiger partial charge in [0.15, 0.2) is 0 Å². The number of nitrogens with one attached hydrogen (secondary N) is 1. The Labute approximate surface area is 124 Å². The lowest BCUT2D eigenvalue weighted by molar-refractivity contribution is 0.198. The highest BCUT2D eigenvalue weighted by molar-refractivity contribution is 5.25. The third kappa shape index (κ3) is 6.53. The topological polar surface area (TPSA) is 21.3 Å². The number of aryl methyl sites for hydroxylation is 1. The van der Waals surface area contributed by atoms with Crippen molar-refractivity contribution in [2.45, 2.75) is 46.0 Å². The molecule has 0 fully saturated rings. The van der Waals surface area contributed by atoms with Crippen LogP contribution >= 0.6 is 0 Å². The smallest absolute Gasteiger partial charge is 0.0587 e. The van der Waals surface area contributed by atoms with E-state index >= 15 is 0 Å². The fourth-order valence-electron chi connectivity index (χ4n) is 2.81. The van der Waals surface area contributed by atoms with Crippen LogP contribution < -0.4 is 5.32 Å². The number of hydrogen-bond donors (Lipinski definition) is 1. The van der Waals surface area contributed by atoms with Crippen molar-refractivity contribution in [3.05, 3.63) is 35.4 Å². The van der Waals surface area contributed by atoms with Crippen molar-refractivity contribution in [2.75, 3.05) is 26.8 Å². The molecule has 20 heavy (non-hydrogen) atoms. The van der Waals surface area contributed by atoms with Gasteiger partial charge in [-0.15, -0.1) is 0 Å². The minimum Gasteiger partial charge on any atom is -0.383 e. The first-order valence-corrected chi connectivity index (χ1v) is 7.93. The second-order valence-electron chi connectivity index (χ2n) is 5.94. The predicted octanol–water partition coefficient (Wildman–Crippen LogP) is 4.14. The van der Waals surface area contributed by atoms with Crippen molar-refractivity contribution in [3.8, 4) is 0 Å². The Hall–Kier alpha value is -0.860. The van der Waals surface area contributed by atoms with E-state index in [1.807, 2.05) is 0 Å². The highest BCUT2D eigenvalue weighted by Crippen LogP contribution is 2.26. The molecule has 0 aromatic heterocycles. The Morgan fingerprint density at radius 1 is 1.30 bits per heavy atom. The third-order valence-electron chi connectivity index (χ3n) is 3.86. The fourth-order valence-corrected chi connectivity index (χ4v) is 2.81. The Morgan fingerprint density at radius 3 is 2.75 bits per heavy atom. The van der Waals surface area contributed by atoms with Crippen LogP contribution in [0.2, 0.25) is 0 Å². The number of benzene rings is 1. The molecule has 0 aliphatic heterocycles. The van der Waals surface area contributed by atoms with Gasteiger partial charge < -0.3 is 10.1 Å². The van der Waals surface area contributed by atoms with Gasteiger partial charge in [-0.05, 0) is 30.7 Å². The minimum absolute atomic E-state index is 0.605. The zero-order chi connectivity index (χ0) is 14.8. The average molecular weight is 277 g/mol. The van der Waals surface area contributed by atoms with Gasteiger partial charge >= 0.3 is 0 Å². The summed E-state index contributed by atoms with van der Waals surface area (Å²) in [6, 6.07) is 8.96. The Morgan fingerprint density at radius 2 is 2.10 bits per heavy atom. The Balaban J connectivity index is 2.62. The summed E-state index contributed by atoms with van der Waals surface area (Å²) >= 11 is 0. The minimum atomic E-state index is 0.605. The van der Waals surface area contributed by atoms with Gasteiger partial charge in [0.1, 0.15) is 0 Å². The van der Waals surface area contributed by atoms with Crippen molar-refractivity contribution in [1.29, 1.82) is 0 Å². The van der Waals surface area contributed by atoms with Crippen LogP contribution in [0.15, 0.2) is 24.3 Å². The third-order valence-corrected chi connectivity index (χ3v) is 3.86. The van der Waals surface area contributed by atoms with Crippen molar-refractivity contribution in [1.82, 2.24) is 5.32 Å². The van der Waals surface area contributed by atoms with Gasteiger partial charge in [0.25, 0.3) is 0 Å². The molecule has 0 saturated carbocycles. The molecule has 0 spiro atoms. The summed E-state index contributed by atoms with van der Waals surface area (Å²) in [6.07, 6.45) is 3.86. The van der Waals surface area contributed by atoms with E-state index < -0.39 is 0 Å². The van der Waals surface area contributed by atoms with Gasteiger partial charge in [0.05, 0.1) is 6.61 Å². The van der Waals surface area contributed by atoms with E-state index in [0.717, 1.165) is 25.6 Å². The zero-order valence-electron chi connectivity index (χ0n) is 13.6. The second-order valence-corrected chi connectivity index (χ2v) is 5.94. The van der Waals surface area contributed by atoms with E-state index in [9.17, 15) is 0 Å². The first-order chi connectivity index (χ1) is 9.67. The van der Waals surface area contributed by atoms with Crippen LogP contribution in [0.4, 0.5) is 0 Å². The molecule has 0 aliphatic carbocycles. The van der Waals surface area contributed by atoms with Crippen LogP contribution in [-0.4, -0.2) is 26.8 Å². The fraction of sp³-hybridized carbons (Fsp3) is 0.667. The number of methoxy groups -OCH3 is 1. The van der Waals surface area contributed by atoms with Gasteiger partial charge in [-0.2, -0.15) is 0 Å². The Kier molecular flexibility index (Phi) is 8.56. The van der Waals surface area contributed by atoms with Gasteiger partial charge in [0, 0.05) is 20.2 Å². The van der Waals surface area contributed by atoms with Gasteiger partial charge in [-0.3, -0.25) is 0 Å². The molecular weight excluding hydrogens is 246 g/mol. The summed E-state index contributed by atoms with van der Waals surface area (Å²) in [5.41, 5.74) is 2.82. The van der Waals surface area contributed by atoms with Crippen molar-refractivity contribution in [2.24, 2.45) is 5.92 Å². The molecule has 0 heterocycles. The summed E-state index contributed by atoms with van der Waals surface area (Å²) in [4.78, 5) is 0. The molecule has 1 aromatic carbocycles. The monoisotopic (exact) mass is 277 g/mol. The molecule has 0 amide bonds. The summed E-state index contributed by atoms with van der Waals surface area (Å²) in [5.74, 6) is 1.39. The quantitative estimate of drug-likeness (QED) is 0.649. The maximum atomic E-state index is 5.11. The van der Waals surface area contributed by atoms with Crippen molar-refractivity contribution < 1.29 is 4.74 Å². The van der Waals surface area contributed by atoms with E-state index in [-0.39, 0.29) is 0 Å². The van der Waals surface area contributed by atoms with E-state index in [2.05, 4.69) is 50.4 Å². The average Bonchev–Trinajstić information content (AvgIpc) is 2.42. The van der Waals surface area contributed by atoms with Gasteiger partial charge in [-0.25, -0.2) is 0 Å². The van der Waals surface area contributed by atoms with Gasteiger partial charge in [0.2, 0.25) is 0 Å². The van der Waals surface area contributed by atoms with E-state index in [4.69, 9.17) is 4.74 Å². The SMILES string of the molecule is CCCC(C)CC(CNCCOC)c1cccc(C)c1. The van der Waals surface area contributed by atoms with Crippen LogP contribution in [0.5, 0.6) is 0 Å². The lowest BCUT2D eigenvalue weighted by Gasteiger charge is -2.22. The molecular formula is C18H31NO. The lowest BCUT2D eigenvalue weighted by Crippen LogP contribution is -2.26. The lowest BCUT2D eigenvalue weighted by atomic mass is 9.87. The molecule has 2 atom stereocenters. The molecule has 0 aliphatic rings. The largest absolute Gasteiger partial charge is 0.383 e. The summed E-state index contributed by atoms with van der Waals surface area (Å²) in [5, 5.41) is 3.53. The van der Waals surface area contributed by atoms with E-state index in [1.54, 1.807) is 7.11 Å². The van der Waals surface area contributed by atoms with Crippen LogP contribution in [0, 0.1) is 12.8 Å².